The smallest absolute Gasteiger partial charge is 0.253 e. The van der Waals surface area contributed by atoms with Crippen LogP contribution in [0.3, 0.4) is 0 Å². The summed E-state index contributed by atoms with van der Waals surface area (Å²) >= 11 is 18.9. The van der Waals surface area contributed by atoms with Crippen molar-refractivity contribution < 1.29 is 4.79 Å². The summed E-state index contributed by atoms with van der Waals surface area (Å²) in [6.45, 7) is 0.678. The number of para-hydroxylation sites is 2. The van der Waals surface area contributed by atoms with Gasteiger partial charge in [0.15, 0.2) is 0 Å². The van der Waals surface area contributed by atoms with E-state index in [0.29, 0.717) is 33.0 Å². The molecule has 4 aromatic rings. The van der Waals surface area contributed by atoms with Crippen molar-refractivity contribution in [3.05, 3.63) is 98.7 Å². The highest BCUT2D eigenvalue weighted by Crippen LogP contribution is 2.27. The molecule has 0 aliphatic carbocycles. The molecule has 3 aromatic carbocycles. The van der Waals surface area contributed by atoms with Gasteiger partial charge in [-0.05, 0) is 36.4 Å². The van der Waals surface area contributed by atoms with E-state index in [1.165, 1.54) is 0 Å². The first-order valence-electron chi connectivity index (χ1n) is 8.94. The van der Waals surface area contributed by atoms with Crippen molar-refractivity contribution in [1.29, 1.82) is 0 Å². The van der Waals surface area contributed by atoms with Gasteiger partial charge in [0.1, 0.15) is 5.82 Å². The van der Waals surface area contributed by atoms with Gasteiger partial charge in [-0.2, -0.15) is 0 Å². The number of carbonyl (C=O) groups excluding carboxylic acids is 1. The summed E-state index contributed by atoms with van der Waals surface area (Å²) in [5.74, 6) is 0.438. The SMILES string of the molecule is O=C(NCc1nc2ccccc2n1Cc1c(Cl)cccc1Cl)c1ccccc1Cl. The van der Waals surface area contributed by atoms with Crippen LogP contribution in [0, 0.1) is 0 Å². The third-order valence-electron chi connectivity index (χ3n) is 4.64. The van der Waals surface area contributed by atoms with Crippen LogP contribution in [0.15, 0.2) is 66.7 Å². The van der Waals surface area contributed by atoms with Gasteiger partial charge in [-0.25, -0.2) is 4.98 Å². The minimum atomic E-state index is -0.259. The highest BCUT2D eigenvalue weighted by atomic mass is 35.5. The molecule has 0 aliphatic rings. The summed E-state index contributed by atoms with van der Waals surface area (Å²) in [7, 11) is 0. The van der Waals surface area contributed by atoms with E-state index in [1.807, 2.05) is 34.9 Å². The van der Waals surface area contributed by atoms with E-state index in [1.54, 1.807) is 36.4 Å². The van der Waals surface area contributed by atoms with E-state index in [9.17, 15) is 4.79 Å². The lowest BCUT2D eigenvalue weighted by Crippen LogP contribution is -2.25. The number of imidazole rings is 1. The van der Waals surface area contributed by atoms with Crippen LogP contribution in [0.25, 0.3) is 11.0 Å². The first kappa shape index (κ1) is 19.8. The highest BCUT2D eigenvalue weighted by Gasteiger charge is 2.16. The summed E-state index contributed by atoms with van der Waals surface area (Å²) in [6, 6.07) is 20.1. The average molecular weight is 445 g/mol. The van der Waals surface area contributed by atoms with Crippen LogP contribution in [0.1, 0.15) is 21.7 Å². The molecule has 0 fully saturated rings. The Morgan fingerprint density at radius 1 is 0.862 bits per heavy atom. The third kappa shape index (κ3) is 4.10. The van der Waals surface area contributed by atoms with Crippen LogP contribution in [-0.4, -0.2) is 15.5 Å². The molecule has 0 aliphatic heterocycles. The summed E-state index contributed by atoms with van der Waals surface area (Å²) in [5.41, 5.74) is 2.99. The number of halogens is 3. The number of amides is 1. The van der Waals surface area contributed by atoms with Crippen LogP contribution >= 0.6 is 34.8 Å². The maximum Gasteiger partial charge on any atom is 0.253 e. The number of carbonyl (C=O) groups is 1. The molecule has 7 heteroatoms. The molecular weight excluding hydrogens is 429 g/mol. The Morgan fingerprint density at radius 2 is 1.52 bits per heavy atom. The van der Waals surface area contributed by atoms with Crippen LogP contribution in [0.5, 0.6) is 0 Å². The zero-order chi connectivity index (χ0) is 20.4. The quantitative estimate of drug-likeness (QED) is 0.412. The van der Waals surface area contributed by atoms with Crippen molar-refractivity contribution in [3.8, 4) is 0 Å². The Labute approximate surface area is 183 Å². The summed E-state index contributed by atoms with van der Waals surface area (Å²) in [5, 5.41) is 4.47. The predicted molar refractivity (Wildman–Crippen MR) is 118 cm³/mol. The normalized spacial score (nSPS) is 11.0. The standard InChI is InChI=1S/C22H16Cl3N3O/c23-16-7-2-1-6-14(16)22(29)26-12-21-27-19-10-3-4-11-20(19)28(21)13-15-17(24)8-5-9-18(15)25/h1-11H,12-13H2,(H,26,29). The van der Waals surface area contributed by atoms with Crippen molar-refractivity contribution in [2.24, 2.45) is 0 Å². The molecule has 4 rings (SSSR count). The molecule has 0 saturated carbocycles. The van der Waals surface area contributed by atoms with Gasteiger partial charge in [0.05, 0.1) is 34.7 Å². The van der Waals surface area contributed by atoms with Crippen LogP contribution < -0.4 is 5.32 Å². The van der Waals surface area contributed by atoms with Crippen molar-refractivity contribution in [2.75, 3.05) is 0 Å². The van der Waals surface area contributed by atoms with Crippen molar-refractivity contribution in [2.45, 2.75) is 13.1 Å². The Balaban J connectivity index is 1.67. The van der Waals surface area contributed by atoms with Crippen molar-refractivity contribution in [3.63, 3.8) is 0 Å². The number of hydrogen-bond donors (Lipinski definition) is 1. The lowest BCUT2D eigenvalue weighted by atomic mass is 10.2. The first-order valence-corrected chi connectivity index (χ1v) is 10.1. The number of nitrogens with one attached hydrogen (secondary N) is 1. The predicted octanol–water partition coefficient (Wildman–Crippen LogP) is 5.97. The van der Waals surface area contributed by atoms with Crippen molar-refractivity contribution >= 4 is 51.7 Å². The van der Waals surface area contributed by atoms with Crippen LogP contribution in [-0.2, 0) is 13.1 Å². The molecule has 0 atom stereocenters. The molecule has 0 radical (unpaired) electrons. The molecule has 1 amide bonds. The van der Waals surface area contributed by atoms with E-state index >= 15 is 0 Å². The second-order valence-corrected chi connectivity index (χ2v) is 7.69. The van der Waals surface area contributed by atoms with Gasteiger partial charge in [-0.3, -0.25) is 4.79 Å². The number of fused-ring (bicyclic) bond motifs is 1. The number of benzene rings is 3. The lowest BCUT2D eigenvalue weighted by molar-refractivity contribution is 0.0949. The minimum absolute atomic E-state index is 0.237. The lowest BCUT2D eigenvalue weighted by Gasteiger charge is -2.13. The number of hydrogen-bond acceptors (Lipinski definition) is 2. The number of aromatic nitrogens is 2. The van der Waals surface area contributed by atoms with Gasteiger partial charge in [-0.15, -0.1) is 0 Å². The zero-order valence-corrected chi connectivity index (χ0v) is 17.5. The first-order chi connectivity index (χ1) is 14.0. The topological polar surface area (TPSA) is 46.9 Å². The fourth-order valence-electron chi connectivity index (χ4n) is 3.18. The van der Waals surface area contributed by atoms with E-state index in [2.05, 4.69) is 10.3 Å². The summed E-state index contributed by atoms with van der Waals surface area (Å²) in [4.78, 5) is 17.2. The molecular formula is C22H16Cl3N3O. The third-order valence-corrected chi connectivity index (χ3v) is 5.67. The Bertz CT molecular complexity index is 1180. The van der Waals surface area contributed by atoms with Gasteiger partial charge >= 0.3 is 0 Å². The zero-order valence-electron chi connectivity index (χ0n) is 15.2. The van der Waals surface area contributed by atoms with E-state index in [-0.39, 0.29) is 12.5 Å². The molecule has 1 N–H and O–H groups in total. The monoisotopic (exact) mass is 443 g/mol. The van der Waals surface area contributed by atoms with E-state index < -0.39 is 0 Å². The Morgan fingerprint density at radius 3 is 2.28 bits per heavy atom. The molecule has 29 heavy (non-hydrogen) atoms. The number of rotatable bonds is 5. The molecule has 0 spiro atoms. The molecule has 0 bridgehead atoms. The number of nitrogens with zero attached hydrogens (tertiary/aromatic N) is 2. The van der Waals surface area contributed by atoms with Gasteiger partial charge < -0.3 is 9.88 Å². The largest absolute Gasteiger partial charge is 0.345 e. The Hall–Kier alpha value is -2.53. The van der Waals surface area contributed by atoms with Crippen molar-refractivity contribution in [1.82, 2.24) is 14.9 Å². The average Bonchev–Trinajstić information content (AvgIpc) is 3.07. The van der Waals surface area contributed by atoms with Gasteiger partial charge in [0.25, 0.3) is 5.91 Å². The molecule has 146 valence electrons. The minimum Gasteiger partial charge on any atom is -0.345 e. The van der Waals surface area contributed by atoms with E-state index in [4.69, 9.17) is 34.8 Å². The molecule has 0 saturated heterocycles. The Kier molecular flexibility index (Phi) is 5.76. The van der Waals surface area contributed by atoms with Crippen LogP contribution in [0.2, 0.25) is 15.1 Å². The second kappa shape index (κ2) is 8.46. The fourth-order valence-corrected chi connectivity index (χ4v) is 3.92. The maximum atomic E-state index is 12.6. The fraction of sp³-hybridized carbons (Fsp3) is 0.0909. The van der Waals surface area contributed by atoms with E-state index in [0.717, 1.165) is 16.6 Å². The van der Waals surface area contributed by atoms with Gasteiger partial charge in [0.2, 0.25) is 0 Å². The maximum absolute atomic E-state index is 12.6. The molecule has 1 heterocycles. The second-order valence-electron chi connectivity index (χ2n) is 6.47. The van der Waals surface area contributed by atoms with Gasteiger partial charge in [0, 0.05) is 15.6 Å². The van der Waals surface area contributed by atoms with Gasteiger partial charge in [-0.1, -0.05) is 65.1 Å². The highest BCUT2D eigenvalue weighted by molar-refractivity contribution is 6.36. The molecule has 0 unspecified atom stereocenters. The molecule has 4 nitrogen and oxygen atoms in total. The summed E-state index contributed by atoms with van der Waals surface area (Å²) < 4.78 is 2.01. The summed E-state index contributed by atoms with van der Waals surface area (Å²) in [6.07, 6.45) is 0. The molecule has 1 aromatic heterocycles. The van der Waals surface area contributed by atoms with Crippen LogP contribution in [0.4, 0.5) is 0 Å².